The summed E-state index contributed by atoms with van der Waals surface area (Å²) in [5, 5.41) is 0. The molecule has 26 heavy (non-hydrogen) atoms. The Bertz CT molecular complexity index is 599. The van der Waals surface area contributed by atoms with Gasteiger partial charge in [0.15, 0.2) is 0 Å². The second-order valence-corrected chi connectivity index (χ2v) is 8.86. The third-order valence-corrected chi connectivity index (χ3v) is 6.90. The van der Waals surface area contributed by atoms with Gasteiger partial charge in [-0.1, -0.05) is 49.1 Å². The molecule has 2 aliphatic heterocycles. The number of rotatable bonds is 4. The SMILES string of the molecule is Cc1ccc([C@@H]2CN(C(=O)C3CCCC3)C[C@@H]2CN2CCCCC2)cc1. The van der Waals surface area contributed by atoms with Crippen LogP contribution < -0.4 is 0 Å². The van der Waals surface area contributed by atoms with Crippen molar-refractivity contribution in [3.8, 4) is 0 Å². The molecule has 1 aliphatic carbocycles. The molecule has 0 N–H and O–H groups in total. The van der Waals surface area contributed by atoms with Crippen molar-refractivity contribution in [1.82, 2.24) is 9.80 Å². The average Bonchev–Trinajstić information content (AvgIpc) is 3.33. The van der Waals surface area contributed by atoms with Gasteiger partial charge in [-0.25, -0.2) is 0 Å². The lowest BCUT2D eigenvalue weighted by Gasteiger charge is -2.31. The average molecular weight is 355 g/mol. The van der Waals surface area contributed by atoms with Crippen LogP contribution in [0.3, 0.4) is 0 Å². The number of hydrogen-bond acceptors (Lipinski definition) is 2. The summed E-state index contributed by atoms with van der Waals surface area (Å²) in [4.78, 5) is 17.9. The van der Waals surface area contributed by atoms with Crippen molar-refractivity contribution in [2.24, 2.45) is 11.8 Å². The van der Waals surface area contributed by atoms with Gasteiger partial charge in [0.25, 0.3) is 0 Å². The van der Waals surface area contributed by atoms with E-state index < -0.39 is 0 Å². The second-order valence-electron chi connectivity index (χ2n) is 8.86. The minimum atomic E-state index is 0.308. The Morgan fingerprint density at radius 2 is 1.65 bits per heavy atom. The Kier molecular flexibility index (Phi) is 5.63. The summed E-state index contributed by atoms with van der Waals surface area (Å²) in [5.41, 5.74) is 2.75. The topological polar surface area (TPSA) is 23.6 Å². The lowest BCUT2D eigenvalue weighted by atomic mass is 9.88. The van der Waals surface area contributed by atoms with Crippen LogP contribution in [0, 0.1) is 18.8 Å². The highest BCUT2D eigenvalue weighted by atomic mass is 16.2. The minimum absolute atomic E-state index is 0.308. The van der Waals surface area contributed by atoms with Crippen molar-refractivity contribution in [2.75, 3.05) is 32.7 Å². The van der Waals surface area contributed by atoms with Gasteiger partial charge in [-0.15, -0.1) is 0 Å². The fraction of sp³-hybridized carbons (Fsp3) is 0.696. The number of piperidine rings is 1. The monoisotopic (exact) mass is 354 g/mol. The Morgan fingerprint density at radius 1 is 0.962 bits per heavy atom. The van der Waals surface area contributed by atoms with E-state index in [2.05, 4.69) is 41.0 Å². The lowest BCUT2D eigenvalue weighted by Crippen LogP contribution is -2.37. The molecule has 1 aromatic carbocycles. The van der Waals surface area contributed by atoms with Crippen LogP contribution in [0.4, 0.5) is 0 Å². The smallest absolute Gasteiger partial charge is 0.225 e. The van der Waals surface area contributed by atoms with Gasteiger partial charge in [-0.05, 0) is 57.2 Å². The van der Waals surface area contributed by atoms with Crippen LogP contribution in [0.15, 0.2) is 24.3 Å². The maximum absolute atomic E-state index is 13.0. The molecule has 0 aromatic heterocycles. The van der Waals surface area contributed by atoms with Crippen LogP contribution in [-0.4, -0.2) is 48.4 Å². The Labute approximate surface area is 158 Å². The standard InChI is InChI=1S/C23H34N2O/c1-18-9-11-19(12-10-18)22-17-25(23(26)20-7-3-4-8-20)16-21(22)15-24-13-5-2-6-14-24/h9-12,20-22H,2-8,13-17H2,1H3/t21-,22-/m0/s1. The van der Waals surface area contributed by atoms with E-state index in [1.54, 1.807) is 0 Å². The molecule has 2 atom stereocenters. The summed E-state index contributed by atoms with van der Waals surface area (Å²) in [5.74, 6) is 1.84. The molecular weight excluding hydrogens is 320 g/mol. The molecule has 2 saturated heterocycles. The van der Waals surface area contributed by atoms with Gasteiger partial charge in [0.05, 0.1) is 0 Å². The third kappa shape index (κ3) is 3.98. The van der Waals surface area contributed by atoms with E-state index in [1.165, 1.54) is 56.3 Å². The molecule has 0 unspecified atom stereocenters. The molecule has 3 fully saturated rings. The first-order valence-corrected chi connectivity index (χ1v) is 10.8. The summed E-state index contributed by atoms with van der Waals surface area (Å²) in [6.07, 6.45) is 8.77. The van der Waals surface area contributed by atoms with Crippen LogP contribution in [0.1, 0.15) is 62.0 Å². The van der Waals surface area contributed by atoms with Crippen LogP contribution in [0.5, 0.6) is 0 Å². The molecule has 3 aliphatic rings. The molecular formula is C23H34N2O. The van der Waals surface area contributed by atoms with Crippen LogP contribution in [-0.2, 0) is 4.79 Å². The molecule has 4 rings (SSSR count). The molecule has 0 bridgehead atoms. The number of likely N-dealkylation sites (tertiary alicyclic amines) is 2. The Morgan fingerprint density at radius 3 is 2.35 bits per heavy atom. The number of carbonyl (C=O) groups is 1. The number of nitrogens with zero attached hydrogens (tertiary/aromatic N) is 2. The van der Waals surface area contributed by atoms with E-state index in [4.69, 9.17) is 0 Å². The Balaban J connectivity index is 1.49. The zero-order chi connectivity index (χ0) is 17.9. The van der Waals surface area contributed by atoms with Crippen molar-refractivity contribution < 1.29 is 4.79 Å². The summed E-state index contributed by atoms with van der Waals surface area (Å²) < 4.78 is 0. The Hall–Kier alpha value is -1.35. The van der Waals surface area contributed by atoms with Crippen molar-refractivity contribution in [3.05, 3.63) is 35.4 Å². The van der Waals surface area contributed by atoms with Gasteiger partial charge in [0, 0.05) is 31.5 Å². The molecule has 0 spiro atoms. The van der Waals surface area contributed by atoms with Crippen molar-refractivity contribution >= 4 is 5.91 Å². The van der Waals surface area contributed by atoms with E-state index in [-0.39, 0.29) is 0 Å². The maximum atomic E-state index is 13.0. The number of benzene rings is 1. The van der Waals surface area contributed by atoms with E-state index in [9.17, 15) is 4.79 Å². The van der Waals surface area contributed by atoms with Gasteiger partial charge in [-0.2, -0.15) is 0 Å². The molecule has 3 nitrogen and oxygen atoms in total. The molecule has 1 amide bonds. The number of amides is 1. The molecule has 1 aromatic rings. The normalized spacial score (nSPS) is 28.0. The predicted octanol–water partition coefficient (Wildman–Crippen LogP) is 4.21. The summed E-state index contributed by atoms with van der Waals surface area (Å²) >= 11 is 0. The molecule has 142 valence electrons. The summed E-state index contributed by atoms with van der Waals surface area (Å²) in [6.45, 7) is 7.69. The highest BCUT2D eigenvalue weighted by molar-refractivity contribution is 5.79. The van der Waals surface area contributed by atoms with Gasteiger partial charge in [0.1, 0.15) is 0 Å². The van der Waals surface area contributed by atoms with E-state index in [0.717, 1.165) is 32.5 Å². The zero-order valence-electron chi connectivity index (χ0n) is 16.3. The van der Waals surface area contributed by atoms with Gasteiger partial charge in [-0.3, -0.25) is 4.79 Å². The fourth-order valence-corrected chi connectivity index (χ4v) is 5.33. The van der Waals surface area contributed by atoms with Crippen LogP contribution >= 0.6 is 0 Å². The van der Waals surface area contributed by atoms with E-state index >= 15 is 0 Å². The number of carbonyl (C=O) groups excluding carboxylic acids is 1. The highest BCUT2D eigenvalue weighted by Crippen LogP contribution is 2.36. The lowest BCUT2D eigenvalue weighted by molar-refractivity contribution is -0.134. The molecule has 0 radical (unpaired) electrons. The van der Waals surface area contributed by atoms with E-state index in [0.29, 0.717) is 23.7 Å². The van der Waals surface area contributed by atoms with E-state index in [1.807, 2.05) is 0 Å². The van der Waals surface area contributed by atoms with Gasteiger partial charge >= 0.3 is 0 Å². The van der Waals surface area contributed by atoms with Gasteiger partial charge < -0.3 is 9.80 Å². The molecule has 1 saturated carbocycles. The quantitative estimate of drug-likeness (QED) is 0.808. The maximum Gasteiger partial charge on any atom is 0.225 e. The highest BCUT2D eigenvalue weighted by Gasteiger charge is 2.39. The van der Waals surface area contributed by atoms with Crippen molar-refractivity contribution in [3.63, 3.8) is 0 Å². The summed E-state index contributed by atoms with van der Waals surface area (Å²) in [7, 11) is 0. The number of hydrogen-bond donors (Lipinski definition) is 0. The van der Waals surface area contributed by atoms with Crippen LogP contribution in [0.2, 0.25) is 0 Å². The number of aryl methyl sites for hydroxylation is 1. The first-order chi connectivity index (χ1) is 12.7. The van der Waals surface area contributed by atoms with Crippen LogP contribution in [0.25, 0.3) is 0 Å². The third-order valence-electron chi connectivity index (χ3n) is 6.90. The summed E-state index contributed by atoms with van der Waals surface area (Å²) in [6, 6.07) is 9.06. The minimum Gasteiger partial charge on any atom is -0.341 e. The molecule has 2 heterocycles. The molecule has 3 heteroatoms. The predicted molar refractivity (Wildman–Crippen MR) is 106 cm³/mol. The van der Waals surface area contributed by atoms with Gasteiger partial charge in [0.2, 0.25) is 5.91 Å². The van der Waals surface area contributed by atoms with Crippen molar-refractivity contribution in [1.29, 1.82) is 0 Å². The van der Waals surface area contributed by atoms with Crippen molar-refractivity contribution in [2.45, 2.75) is 57.8 Å². The first kappa shape index (κ1) is 18.0. The second kappa shape index (κ2) is 8.12. The first-order valence-electron chi connectivity index (χ1n) is 10.8. The fourth-order valence-electron chi connectivity index (χ4n) is 5.33. The zero-order valence-corrected chi connectivity index (χ0v) is 16.3. The largest absolute Gasteiger partial charge is 0.341 e.